The van der Waals surface area contributed by atoms with Crippen molar-refractivity contribution in [3.63, 3.8) is 0 Å². The molecule has 1 N–H and O–H groups in total. The molecule has 0 saturated carbocycles. The largest absolute Gasteiger partial charge is 0.461 e. The van der Waals surface area contributed by atoms with Crippen LogP contribution in [0.1, 0.15) is 53.0 Å². The maximum atomic E-state index is 12.4. The number of esters is 1. The molecule has 1 aromatic carbocycles. The van der Waals surface area contributed by atoms with Gasteiger partial charge in [-0.1, -0.05) is 44.2 Å². The molecule has 0 bridgehead atoms. The van der Waals surface area contributed by atoms with Gasteiger partial charge in [0.15, 0.2) is 0 Å². The highest BCUT2D eigenvalue weighted by atomic mass is 16.6. The Bertz CT molecular complexity index is 534. The van der Waals surface area contributed by atoms with Crippen molar-refractivity contribution in [2.75, 3.05) is 6.54 Å². The van der Waals surface area contributed by atoms with Crippen molar-refractivity contribution >= 4 is 12.1 Å². The smallest absolute Gasteiger partial charge is 0.407 e. The van der Waals surface area contributed by atoms with E-state index in [9.17, 15) is 9.59 Å². The molecule has 1 aromatic rings. The first-order chi connectivity index (χ1) is 11.7. The quantitative estimate of drug-likeness (QED) is 0.710. The number of hydrogen-bond donors (Lipinski definition) is 1. The summed E-state index contributed by atoms with van der Waals surface area (Å²) in [7, 11) is 0. The zero-order valence-corrected chi connectivity index (χ0v) is 16.0. The van der Waals surface area contributed by atoms with Crippen molar-refractivity contribution in [2.24, 2.45) is 11.8 Å². The molecule has 1 amide bonds. The fourth-order valence-corrected chi connectivity index (χ4v) is 2.41. The first kappa shape index (κ1) is 21.0. The van der Waals surface area contributed by atoms with Gasteiger partial charge < -0.3 is 14.8 Å². The molecule has 0 spiro atoms. The molecular formula is C20H31NO4. The minimum atomic E-state index is -0.532. The van der Waals surface area contributed by atoms with Crippen molar-refractivity contribution in [1.82, 2.24) is 5.32 Å². The molecule has 5 nitrogen and oxygen atoms in total. The number of ether oxygens (including phenoxy) is 2. The van der Waals surface area contributed by atoms with Crippen LogP contribution in [0.5, 0.6) is 0 Å². The normalized spacial score (nSPS) is 12.6. The lowest BCUT2D eigenvalue weighted by molar-refractivity contribution is -0.150. The van der Waals surface area contributed by atoms with Crippen LogP contribution in [0.15, 0.2) is 30.3 Å². The van der Waals surface area contributed by atoms with Crippen LogP contribution >= 0.6 is 0 Å². The Morgan fingerprint density at radius 2 is 1.76 bits per heavy atom. The summed E-state index contributed by atoms with van der Waals surface area (Å²) in [5.41, 5.74) is 0.432. The van der Waals surface area contributed by atoms with Gasteiger partial charge in [-0.05, 0) is 45.1 Å². The van der Waals surface area contributed by atoms with Crippen molar-refractivity contribution in [2.45, 2.75) is 59.7 Å². The average molecular weight is 349 g/mol. The number of hydrogen-bond acceptors (Lipinski definition) is 4. The third-order valence-electron chi connectivity index (χ3n) is 3.47. The highest BCUT2D eigenvalue weighted by molar-refractivity contribution is 5.72. The molecule has 0 aromatic heterocycles. The first-order valence-electron chi connectivity index (χ1n) is 8.85. The highest BCUT2D eigenvalue weighted by Gasteiger charge is 2.22. The molecule has 25 heavy (non-hydrogen) atoms. The van der Waals surface area contributed by atoms with Gasteiger partial charge in [0, 0.05) is 6.54 Å². The third-order valence-corrected chi connectivity index (χ3v) is 3.47. The maximum Gasteiger partial charge on any atom is 0.407 e. The van der Waals surface area contributed by atoms with Gasteiger partial charge in [-0.2, -0.15) is 0 Å². The molecule has 0 fully saturated rings. The van der Waals surface area contributed by atoms with E-state index in [-0.39, 0.29) is 18.5 Å². The molecule has 0 aliphatic heterocycles. The van der Waals surface area contributed by atoms with Crippen molar-refractivity contribution in [3.05, 3.63) is 35.9 Å². The van der Waals surface area contributed by atoms with Crippen LogP contribution in [0.3, 0.4) is 0 Å². The van der Waals surface area contributed by atoms with E-state index in [4.69, 9.17) is 9.47 Å². The summed E-state index contributed by atoms with van der Waals surface area (Å²) in [5.74, 6) is -0.0852. The molecule has 1 atom stereocenters. The summed E-state index contributed by atoms with van der Waals surface area (Å²) < 4.78 is 10.6. The number of alkyl carbamates (subject to hydrolysis) is 1. The molecule has 1 rings (SSSR count). The van der Waals surface area contributed by atoms with E-state index in [0.717, 1.165) is 12.0 Å². The van der Waals surface area contributed by atoms with Crippen molar-refractivity contribution < 1.29 is 19.1 Å². The Morgan fingerprint density at radius 1 is 1.12 bits per heavy atom. The van der Waals surface area contributed by atoms with Crippen LogP contribution in [-0.2, 0) is 20.9 Å². The van der Waals surface area contributed by atoms with E-state index in [1.54, 1.807) is 0 Å². The predicted octanol–water partition coefficient (Wildman–Crippen LogP) is 4.31. The van der Waals surface area contributed by atoms with E-state index >= 15 is 0 Å². The number of nitrogens with one attached hydrogen (secondary N) is 1. The van der Waals surface area contributed by atoms with Gasteiger partial charge in [-0.25, -0.2) is 4.79 Å². The summed E-state index contributed by atoms with van der Waals surface area (Å²) in [6.45, 7) is 10.2. The summed E-state index contributed by atoms with van der Waals surface area (Å²) >= 11 is 0. The lowest BCUT2D eigenvalue weighted by Crippen LogP contribution is -2.34. The maximum absolute atomic E-state index is 12.4. The molecule has 5 heteroatoms. The molecule has 0 radical (unpaired) electrons. The van der Waals surface area contributed by atoms with Gasteiger partial charge in [-0.15, -0.1) is 0 Å². The predicted molar refractivity (Wildman–Crippen MR) is 98.0 cm³/mol. The molecular weight excluding hydrogens is 318 g/mol. The van der Waals surface area contributed by atoms with Gasteiger partial charge in [0.25, 0.3) is 0 Å². The second kappa shape index (κ2) is 10.1. The summed E-state index contributed by atoms with van der Waals surface area (Å²) in [4.78, 5) is 24.1. The lowest BCUT2D eigenvalue weighted by Gasteiger charge is -2.21. The highest BCUT2D eigenvalue weighted by Crippen LogP contribution is 2.18. The molecule has 0 saturated heterocycles. The molecule has 140 valence electrons. The minimum Gasteiger partial charge on any atom is -0.461 e. The van der Waals surface area contributed by atoms with E-state index in [1.165, 1.54) is 0 Å². The zero-order chi connectivity index (χ0) is 18.9. The fourth-order valence-electron chi connectivity index (χ4n) is 2.41. The molecule has 0 aliphatic carbocycles. The SMILES string of the molecule is CC(C)C[C@H](CCNC(=O)OC(C)(C)C)C(=O)OCc1ccccc1. The summed E-state index contributed by atoms with van der Waals surface area (Å²) in [6, 6.07) is 9.61. The Kier molecular flexibility index (Phi) is 8.46. The van der Waals surface area contributed by atoms with E-state index < -0.39 is 11.7 Å². The number of benzene rings is 1. The topological polar surface area (TPSA) is 64.6 Å². The van der Waals surface area contributed by atoms with Gasteiger partial charge in [0.1, 0.15) is 12.2 Å². The lowest BCUT2D eigenvalue weighted by atomic mass is 9.94. The van der Waals surface area contributed by atoms with Gasteiger partial charge in [0.2, 0.25) is 0 Å². The fraction of sp³-hybridized carbons (Fsp3) is 0.600. The minimum absolute atomic E-state index is 0.219. The van der Waals surface area contributed by atoms with Gasteiger partial charge in [-0.3, -0.25) is 4.79 Å². The van der Waals surface area contributed by atoms with Crippen LogP contribution < -0.4 is 5.32 Å². The number of carbonyl (C=O) groups excluding carboxylic acids is 2. The van der Waals surface area contributed by atoms with Crippen molar-refractivity contribution in [3.8, 4) is 0 Å². The van der Waals surface area contributed by atoms with Crippen LogP contribution in [-0.4, -0.2) is 24.2 Å². The van der Waals surface area contributed by atoms with E-state index in [0.29, 0.717) is 18.9 Å². The average Bonchev–Trinajstić information content (AvgIpc) is 2.50. The van der Waals surface area contributed by atoms with Gasteiger partial charge in [0.05, 0.1) is 5.92 Å². The van der Waals surface area contributed by atoms with Crippen LogP contribution in [0.25, 0.3) is 0 Å². The Hall–Kier alpha value is -2.04. The zero-order valence-electron chi connectivity index (χ0n) is 16.0. The number of amides is 1. The number of carbonyl (C=O) groups is 2. The van der Waals surface area contributed by atoms with Crippen LogP contribution in [0, 0.1) is 11.8 Å². The molecule has 0 aliphatic rings. The monoisotopic (exact) mass is 349 g/mol. The van der Waals surface area contributed by atoms with Crippen molar-refractivity contribution in [1.29, 1.82) is 0 Å². The summed E-state index contributed by atoms with van der Waals surface area (Å²) in [6.07, 6.45) is 0.794. The van der Waals surface area contributed by atoms with E-state index in [1.807, 2.05) is 51.1 Å². The Labute approximate surface area is 151 Å². The van der Waals surface area contributed by atoms with Crippen LogP contribution in [0.2, 0.25) is 0 Å². The van der Waals surface area contributed by atoms with Gasteiger partial charge >= 0.3 is 12.1 Å². The first-order valence-corrected chi connectivity index (χ1v) is 8.85. The third kappa shape index (κ3) is 9.75. The molecule has 0 heterocycles. The Balaban J connectivity index is 2.47. The van der Waals surface area contributed by atoms with E-state index in [2.05, 4.69) is 19.2 Å². The second-order valence-electron chi connectivity index (χ2n) is 7.64. The number of rotatable bonds is 8. The molecule has 0 unspecified atom stereocenters. The Morgan fingerprint density at radius 3 is 2.32 bits per heavy atom. The second-order valence-corrected chi connectivity index (χ2v) is 7.64. The summed E-state index contributed by atoms with van der Waals surface area (Å²) in [5, 5.41) is 2.70. The standard InChI is InChI=1S/C20H31NO4/c1-15(2)13-17(11-12-21-19(23)25-20(3,4)5)18(22)24-14-16-9-7-6-8-10-16/h6-10,15,17H,11-14H2,1-5H3,(H,21,23)/t17-/m0/s1. The van der Waals surface area contributed by atoms with Crippen LogP contribution in [0.4, 0.5) is 4.79 Å².